The lowest BCUT2D eigenvalue weighted by Gasteiger charge is -2.32. The van der Waals surface area contributed by atoms with Crippen molar-refractivity contribution in [3.8, 4) is 39.1 Å². The SMILES string of the molecule is c1ccc(-n2c3ccccc3c3ccc(-c4ccc(N(c5ccc6c(c5)C5(c7ccccc7-c7ccccc75)c5ccccc5-6)c5cccc6c5sc5ccccc56)cc4)cc32)cc1. The molecule has 0 saturated carbocycles. The summed E-state index contributed by atoms with van der Waals surface area (Å²) >= 11 is 1.88. The smallest absolute Gasteiger partial charge is 0.0726 e. The highest BCUT2D eigenvalue weighted by molar-refractivity contribution is 7.26. The predicted molar refractivity (Wildman–Crippen MR) is 270 cm³/mol. The maximum atomic E-state index is 2.50. The Balaban J connectivity index is 0.975. The van der Waals surface area contributed by atoms with Crippen LogP contribution >= 0.6 is 11.3 Å². The molecule has 2 aliphatic rings. The highest BCUT2D eigenvalue weighted by Crippen LogP contribution is 2.63. The molecule has 0 amide bonds. The van der Waals surface area contributed by atoms with E-state index in [1.807, 2.05) is 11.3 Å². The third-order valence-electron chi connectivity index (χ3n) is 14.0. The van der Waals surface area contributed by atoms with Crippen LogP contribution in [0.15, 0.2) is 231 Å². The van der Waals surface area contributed by atoms with E-state index in [4.69, 9.17) is 0 Å². The van der Waals surface area contributed by atoms with Gasteiger partial charge in [0.2, 0.25) is 0 Å². The third kappa shape index (κ3) is 4.85. The standard InChI is InChI=1S/C61H38N2S/c1-2-15-41(16-3-1)63-56-26-12-7-20-48(56)49-35-31-40(37-58(49)63)39-29-32-42(33-30-39)62(57-27-14-22-51-50-21-8-13-28-59(50)64-60(51)57)43-34-36-47-46-19-6-11-25-54(46)61(55(47)38-43)52-23-9-4-17-44(52)45-18-5-10-24-53(45)61/h1-38H. The van der Waals surface area contributed by atoms with Crippen LogP contribution in [0, 0.1) is 0 Å². The van der Waals surface area contributed by atoms with Gasteiger partial charge in [-0.3, -0.25) is 0 Å². The summed E-state index contributed by atoms with van der Waals surface area (Å²) in [7, 11) is 0. The van der Waals surface area contributed by atoms with Crippen LogP contribution in [-0.4, -0.2) is 4.57 Å². The minimum Gasteiger partial charge on any atom is -0.309 e. The summed E-state index contributed by atoms with van der Waals surface area (Å²) in [4.78, 5) is 2.50. The van der Waals surface area contributed by atoms with Gasteiger partial charge in [0.15, 0.2) is 0 Å². The Kier molecular flexibility index (Phi) is 7.51. The normalized spacial score (nSPS) is 13.1. The second-order valence-corrected chi connectivity index (χ2v) is 18.2. The molecule has 12 aromatic rings. The van der Waals surface area contributed by atoms with E-state index in [-0.39, 0.29) is 0 Å². The Morgan fingerprint density at radius 2 is 0.922 bits per heavy atom. The van der Waals surface area contributed by atoms with Gasteiger partial charge in [-0.2, -0.15) is 0 Å². The molecular weight excluding hydrogens is 793 g/mol. The van der Waals surface area contributed by atoms with Crippen LogP contribution in [0.5, 0.6) is 0 Å². The number of nitrogens with zero attached hydrogens (tertiary/aromatic N) is 2. The van der Waals surface area contributed by atoms with E-state index in [2.05, 4.69) is 240 Å². The summed E-state index contributed by atoms with van der Waals surface area (Å²) in [5.74, 6) is 0. The minimum atomic E-state index is -0.435. The van der Waals surface area contributed by atoms with E-state index in [1.54, 1.807) is 0 Å². The minimum absolute atomic E-state index is 0.435. The molecular formula is C61H38N2S. The van der Waals surface area contributed by atoms with Crippen molar-refractivity contribution < 1.29 is 0 Å². The second-order valence-electron chi connectivity index (χ2n) is 17.2. The Bertz CT molecular complexity index is 3790. The molecule has 14 rings (SSSR count). The Labute approximate surface area is 375 Å². The Hall–Kier alpha value is -7.98. The molecule has 2 nitrogen and oxygen atoms in total. The second kappa shape index (κ2) is 13.5. The molecule has 0 aliphatic heterocycles. The van der Waals surface area contributed by atoms with E-state index < -0.39 is 5.41 Å². The van der Waals surface area contributed by atoms with Crippen LogP contribution in [0.1, 0.15) is 22.3 Å². The first-order valence-electron chi connectivity index (χ1n) is 22.1. The molecule has 64 heavy (non-hydrogen) atoms. The van der Waals surface area contributed by atoms with Crippen LogP contribution in [0.2, 0.25) is 0 Å². The number of anilines is 3. The first-order chi connectivity index (χ1) is 31.8. The van der Waals surface area contributed by atoms with Gasteiger partial charge in [0, 0.05) is 43.3 Å². The lowest BCUT2D eigenvalue weighted by molar-refractivity contribution is 0.793. The third-order valence-corrected chi connectivity index (χ3v) is 15.2. The number of fused-ring (bicyclic) bond motifs is 16. The quantitative estimate of drug-likeness (QED) is 0.168. The molecule has 3 heteroatoms. The lowest BCUT2D eigenvalue weighted by Crippen LogP contribution is -2.26. The number of hydrogen-bond acceptors (Lipinski definition) is 2. The van der Waals surface area contributed by atoms with E-state index in [1.165, 1.54) is 103 Å². The predicted octanol–water partition coefficient (Wildman–Crippen LogP) is 16.6. The molecule has 0 saturated heterocycles. The van der Waals surface area contributed by atoms with Gasteiger partial charge >= 0.3 is 0 Å². The van der Waals surface area contributed by atoms with Crippen molar-refractivity contribution in [1.82, 2.24) is 4.57 Å². The maximum Gasteiger partial charge on any atom is 0.0726 e. The van der Waals surface area contributed by atoms with Crippen LogP contribution in [0.3, 0.4) is 0 Å². The first kappa shape index (κ1) is 35.6. The van der Waals surface area contributed by atoms with Crippen molar-refractivity contribution in [2.45, 2.75) is 5.41 Å². The van der Waals surface area contributed by atoms with E-state index in [0.29, 0.717) is 0 Å². The topological polar surface area (TPSA) is 8.17 Å². The average Bonchev–Trinajstić information content (AvgIpc) is 4.08. The van der Waals surface area contributed by atoms with Crippen LogP contribution in [0.4, 0.5) is 17.1 Å². The summed E-state index contributed by atoms with van der Waals surface area (Å²) in [6.45, 7) is 0. The maximum absolute atomic E-state index is 2.50. The summed E-state index contributed by atoms with van der Waals surface area (Å²) < 4.78 is 4.98. The highest BCUT2D eigenvalue weighted by Gasteiger charge is 2.51. The van der Waals surface area contributed by atoms with Gasteiger partial charge in [0.1, 0.15) is 0 Å². The molecule has 298 valence electrons. The summed E-state index contributed by atoms with van der Waals surface area (Å²) in [5.41, 5.74) is 19.6. The van der Waals surface area contributed by atoms with Gasteiger partial charge in [-0.05, 0) is 116 Å². The molecule has 2 aliphatic carbocycles. The number of benzene rings is 10. The van der Waals surface area contributed by atoms with E-state index >= 15 is 0 Å². The molecule has 10 aromatic carbocycles. The van der Waals surface area contributed by atoms with Crippen molar-refractivity contribution >= 4 is 70.4 Å². The van der Waals surface area contributed by atoms with Crippen LogP contribution in [-0.2, 0) is 5.41 Å². The zero-order valence-corrected chi connectivity index (χ0v) is 35.6. The number of para-hydroxylation sites is 2. The molecule has 0 unspecified atom stereocenters. The van der Waals surface area contributed by atoms with Crippen LogP contribution in [0.25, 0.3) is 81.0 Å². The van der Waals surface area contributed by atoms with E-state index in [0.717, 1.165) is 17.1 Å². The molecule has 0 fully saturated rings. The van der Waals surface area contributed by atoms with Crippen LogP contribution < -0.4 is 4.90 Å². The van der Waals surface area contributed by atoms with Gasteiger partial charge in [-0.15, -0.1) is 11.3 Å². The number of rotatable bonds is 5. The highest BCUT2D eigenvalue weighted by atomic mass is 32.1. The van der Waals surface area contributed by atoms with Crippen molar-refractivity contribution in [2.75, 3.05) is 4.90 Å². The summed E-state index contributed by atoms with van der Waals surface area (Å²) in [6.07, 6.45) is 0. The first-order valence-corrected chi connectivity index (χ1v) is 22.9. The van der Waals surface area contributed by atoms with Crippen molar-refractivity contribution in [3.05, 3.63) is 253 Å². The molecule has 0 radical (unpaired) electrons. The molecule has 2 aromatic heterocycles. The van der Waals surface area contributed by atoms with Crippen molar-refractivity contribution in [1.29, 1.82) is 0 Å². The largest absolute Gasteiger partial charge is 0.309 e. The summed E-state index contributed by atoms with van der Waals surface area (Å²) in [6, 6.07) is 85.7. The number of aromatic nitrogens is 1. The van der Waals surface area contributed by atoms with Crippen molar-refractivity contribution in [3.63, 3.8) is 0 Å². The molecule has 0 bridgehead atoms. The Morgan fingerprint density at radius 1 is 0.359 bits per heavy atom. The van der Waals surface area contributed by atoms with Crippen molar-refractivity contribution in [2.24, 2.45) is 0 Å². The number of thiophene rings is 1. The molecule has 0 N–H and O–H groups in total. The van der Waals surface area contributed by atoms with Gasteiger partial charge in [0.25, 0.3) is 0 Å². The molecule has 2 heterocycles. The molecule has 1 spiro atoms. The monoisotopic (exact) mass is 830 g/mol. The lowest BCUT2D eigenvalue weighted by atomic mass is 9.70. The average molecular weight is 831 g/mol. The van der Waals surface area contributed by atoms with Gasteiger partial charge in [0.05, 0.1) is 26.8 Å². The van der Waals surface area contributed by atoms with Gasteiger partial charge in [-0.1, -0.05) is 170 Å². The fourth-order valence-electron chi connectivity index (χ4n) is 11.4. The number of hydrogen-bond donors (Lipinski definition) is 0. The van der Waals surface area contributed by atoms with E-state index in [9.17, 15) is 0 Å². The summed E-state index contributed by atoms with van der Waals surface area (Å²) in [5, 5.41) is 5.10. The Morgan fingerprint density at radius 3 is 1.66 bits per heavy atom. The van der Waals surface area contributed by atoms with Gasteiger partial charge < -0.3 is 9.47 Å². The fraction of sp³-hybridized carbons (Fsp3) is 0.0164. The fourth-order valence-corrected chi connectivity index (χ4v) is 12.6. The zero-order chi connectivity index (χ0) is 41.9. The zero-order valence-electron chi connectivity index (χ0n) is 34.7. The van der Waals surface area contributed by atoms with Gasteiger partial charge in [-0.25, -0.2) is 0 Å². The molecule has 0 atom stereocenters.